The summed E-state index contributed by atoms with van der Waals surface area (Å²) < 4.78 is 0. The van der Waals surface area contributed by atoms with E-state index >= 15 is 0 Å². The van der Waals surface area contributed by atoms with Gasteiger partial charge in [0.15, 0.2) is 0 Å². The molecule has 1 rings (SSSR count). The second kappa shape index (κ2) is 4.35. The molecule has 1 N–H and O–H groups in total. The molecule has 0 saturated heterocycles. The average Bonchev–Trinajstić information content (AvgIpc) is 2.48. The summed E-state index contributed by atoms with van der Waals surface area (Å²) in [6, 6.07) is 0. The number of aliphatic hydroxyl groups excluding tert-OH is 1. The van der Waals surface area contributed by atoms with Gasteiger partial charge in [-0.3, -0.25) is 0 Å². The molecule has 0 radical (unpaired) electrons. The van der Waals surface area contributed by atoms with Gasteiger partial charge in [0.2, 0.25) is 0 Å². The predicted octanol–water partition coefficient (Wildman–Crippen LogP) is 2.14. The second-order valence-electron chi connectivity index (χ2n) is 3.18. The number of hydrogen-bond donors (Lipinski definition) is 1. The van der Waals surface area contributed by atoms with Crippen LogP contribution in [0.25, 0.3) is 0 Å². The van der Waals surface area contributed by atoms with Gasteiger partial charge in [0.25, 0.3) is 0 Å². The summed E-state index contributed by atoms with van der Waals surface area (Å²) in [7, 11) is 0. The van der Waals surface area contributed by atoms with E-state index in [0.29, 0.717) is 11.8 Å². The SMILES string of the molecule is C=C[C@H]1CC[C@@H](/C=C\CO)C1. The first-order valence-electron chi connectivity index (χ1n) is 4.27. The van der Waals surface area contributed by atoms with E-state index in [0.717, 1.165) is 0 Å². The molecule has 62 valence electrons. The Kier molecular flexibility index (Phi) is 3.37. The first-order valence-corrected chi connectivity index (χ1v) is 4.27. The molecule has 0 spiro atoms. The summed E-state index contributed by atoms with van der Waals surface area (Å²) in [6.07, 6.45) is 9.77. The van der Waals surface area contributed by atoms with Crippen LogP contribution in [0.1, 0.15) is 19.3 Å². The molecule has 0 aromatic rings. The fraction of sp³-hybridized carbons (Fsp3) is 0.600. The first kappa shape index (κ1) is 8.54. The van der Waals surface area contributed by atoms with Gasteiger partial charge < -0.3 is 5.11 Å². The van der Waals surface area contributed by atoms with Gasteiger partial charge in [0, 0.05) is 0 Å². The molecule has 0 unspecified atom stereocenters. The lowest BCUT2D eigenvalue weighted by Crippen LogP contribution is -1.90. The predicted molar refractivity (Wildman–Crippen MR) is 47.3 cm³/mol. The number of hydrogen-bond acceptors (Lipinski definition) is 1. The molecule has 1 aliphatic rings. The van der Waals surface area contributed by atoms with Crippen molar-refractivity contribution in [2.45, 2.75) is 19.3 Å². The summed E-state index contributed by atoms with van der Waals surface area (Å²) in [5.74, 6) is 1.40. The minimum absolute atomic E-state index is 0.176. The lowest BCUT2D eigenvalue weighted by atomic mass is 10.0. The maximum atomic E-state index is 8.54. The molecule has 1 nitrogen and oxygen atoms in total. The van der Waals surface area contributed by atoms with Gasteiger partial charge in [-0.15, -0.1) is 6.58 Å². The molecule has 0 amide bonds. The van der Waals surface area contributed by atoms with Crippen LogP contribution in [0.4, 0.5) is 0 Å². The van der Waals surface area contributed by atoms with Gasteiger partial charge in [-0.05, 0) is 31.1 Å². The van der Waals surface area contributed by atoms with Gasteiger partial charge in [-0.2, -0.15) is 0 Å². The minimum atomic E-state index is 0.176. The normalized spacial score (nSPS) is 31.4. The molecule has 0 aliphatic heterocycles. The highest BCUT2D eigenvalue weighted by atomic mass is 16.2. The Labute approximate surface area is 68.4 Å². The third-order valence-electron chi connectivity index (χ3n) is 2.36. The number of allylic oxidation sites excluding steroid dienone is 2. The molecule has 0 bridgehead atoms. The van der Waals surface area contributed by atoms with E-state index in [4.69, 9.17) is 5.11 Å². The van der Waals surface area contributed by atoms with E-state index in [2.05, 4.69) is 12.7 Å². The Bertz CT molecular complexity index is 149. The zero-order valence-corrected chi connectivity index (χ0v) is 6.87. The van der Waals surface area contributed by atoms with Crippen LogP contribution in [0, 0.1) is 11.8 Å². The molecule has 1 saturated carbocycles. The van der Waals surface area contributed by atoms with Crippen molar-refractivity contribution in [2.75, 3.05) is 6.61 Å². The quantitative estimate of drug-likeness (QED) is 0.614. The molecule has 1 fully saturated rings. The van der Waals surface area contributed by atoms with E-state index < -0.39 is 0 Å². The molecule has 1 aliphatic carbocycles. The molecular formula is C10H16O. The van der Waals surface area contributed by atoms with Crippen LogP contribution in [-0.2, 0) is 0 Å². The van der Waals surface area contributed by atoms with Gasteiger partial charge >= 0.3 is 0 Å². The lowest BCUT2D eigenvalue weighted by molar-refractivity contribution is 0.341. The third-order valence-corrected chi connectivity index (χ3v) is 2.36. The van der Waals surface area contributed by atoms with Crippen molar-refractivity contribution >= 4 is 0 Å². The first-order chi connectivity index (χ1) is 5.36. The van der Waals surface area contributed by atoms with Crippen LogP contribution in [0.2, 0.25) is 0 Å². The Morgan fingerprint density at radius 2 is 2.09 bits per heavy atom. The van der Waals surface area contributed by atoms with Gasteiger partial charge in [-0.1, -0.05) is 18.2 Å². The fourth-order valence-corrected chi connectivity index (χ4v) is 1.69. The fourth-order valence-electron chi connectivity index (χ4n) is 1.69. The summed E-state index contributed by atoms with van der Waals surface area (Å²) in [5, 5.41) is 8.54. The monoisotopic (exact) mass is 152 g/mol. The van der Waals surface area contributed by atoms with Gasteiger partial charge in [0.1, 0.15) is 0 Å². The molecule has 0 aromatic carbocycles. The molecular weight excluding hydrogens is 136 g/mol. The van der Waals surface area contributed by atoms with Crippen LogP contribution in [0.15, 0.2) is 24.8 Å². The van der Waals surface area contributed by atoms with Crippen molar-refractivity contribution in [3.05, 3.63) is 24.8 Å². The third kappa shape index (κ3) is 2.51. The van der Waals surface area contributed by atoms with Crippen LogP contribution >= 0.6 is 0 Å². The van der Waals surface area contributed by atoms with Crippen molar-refractivity contribution in [1.82, 2.24) is 0 Å². The highest BCUT2D eigenvalue weighted by Crippen LogP contribution is 2.31. The minimum Gasteiger partial charge on any atom is -0.392 e. The maximum absolute atomic E-state index is 8.54. The van der Waals surface area contributed by atoms with E-state index in [1.807, 2.05) is 12.2 Å². The van der Waals surface area contributed by atoms with E-state index in [1.54, 1.807) is 0 Å². The standard InChI is InChI=1S/C10H16O/c1-2-9-5-6-10(8-9)4-3-7-11/h2-4,9-11H,1,5-8H2/b4-3-/t9-,10+/m0/s1. The number of rotatable bonds is 3. The Morgan fingerprint density at radius 3 is 2.64 bits per heavy atom. The van der Waals surface area contributed by atoms with Gasteiger partial charge in [-0.25, -0.2) is 0 Å². The summed E-state index contributed by atoms with van der Waals surface area (Å²) in [5.41, 5.74) is 0. The van der Waals surface area contributed by atoms with Crippen LogP contribution in [0.5, 0.6) is 0 Å². The Morgan fingerprint density at radius 1 is 1.36 bits per heavy atom. The second-order valence-corrected chi connectivity index (χ2v) is 3.18. The maximum Gasteiger partial charge on any atom is 0.0612 e. The van der Waals surface area contributed by atoms with E-state index in [1.165, 1.54) is 19.3 Å². The zero-order valence-electron chi connectivity index (χ0n) is 6.87. The Balaban J connectivity index is 2.29. The smallest absolute Gasteiger partial charge is 0.0612 e. The van der Waals surface area contributed by atoms with Crippen molar-refractivity contribution in [3.63, 3.8) is 0 Å². The summed E-state index contributed by atoms with van der Waals surface area (Å²) >= 11 is 0. The van der Waals surface area contributed by atoms with Crippen LogP contribution in [0.3, 0.4) is 0 Å². The molecule has 11 heavy (non-hydrogen) atoms. The highest BCUT2D eigenvalue weighted by Gasteiger charge is 2.19. The largest absolute Gasteiger partial charge is 0.392 e. The van der Waals surface area contributed by atoms with Crippen LogP contribution in [-0.4, -0.2) is 11.7 Å². The van der Waals surface area contributed by atoms with Crippen molar-refractivity contribution < 1.29 is 5.11 Å². The van der Waals surface area contributed by atoms with Crippen LogP contribution < -0.4 is 0 Å². The average molecular weight is 152 g/mol. The molecule has 0 aromatic heterocycles. The molecule has 0 heterocycles. The number of aliphatic hydroxyl groups is 1. The lowest BCUT2D eigenvalue weighted by Gasteiger charge is -2.01. The van der Waals surface area contributed by atoms with E-state index in [9.17, 15) is 0 Å². The molecule has 1 heteroatoms. The summed E-state index contributed by atoms with van der Waals surface area (Å²) in [4.78, 5) is 0. The van der Waals surface area contributed by atoms with Crippen molar-refractivity contribution in [1.29, 1.82) is 0 Å². The highest BCUT2D eigenvalue weighted by molar-refractivity contribution is 4.96. The van der Waals surface area contributed by atoms with Gasteiger partial charge in [0.05, 0.1) is 6.61 Å². The van der Waals surface area contributed by atoms with E-state index in [-0.39, 0.29) is 6.61 Å². The van der Waals surface area contributed by atoms with Crippen molar-refractivity contribution in [2.24, 2.45) is 11.8 Å². The Hall–Kier alpha value is -0.560. The van der Waals surface area contributed by atoms with Crippen molar-refractivity contribution in [3.8, 4) is 0 Å². The summed E-state index contributed by atoms with van der Waals surface area (Å²) in [6.45, 7) is 3.96. The molecule has 2 atom stereocenters. The topological polar surface area (TPSA) is 20.2 Å². The zero-order chi connectivity index (χ0) is 8.10.